The van der Waals surface area contributed by atoms with Crippen molar-refractivity contribution in [3.63, 3.8) is 0 Å². The van der Waals surface area contributed by atoms with E-state index in [1.807, 2.05) is 22.9 Å². The van der Waals surface area contributed by atoms with Crippen molar-refractivity contribution >= 4 is 17.4 Å². The number of aromatic nitrogens is 2. The Morgan fingerprint density at radius 3 is 2.89 bits per heavy atom. The van der Waals surface area contributed by atoms with Gasteiger partial charge in [0.15, 0.2) is 5.78 Å². The first-order valence-corrected chi connectivity index (χ1v) is 6.38. The van der Waals surface area contributed by atoms with Gasteiger partial charge in [0.05, 0.1) is 11.6 Å². The molecule has 2 rings (SSSR count). The SMILES string of the molecule is CCCc1nccn1CC(=O)c1ccccc1Cl. The Hall–Kier alpha value is -1.61. The molecule has 4 heteroatoms. The summed E-state index contributed by atoms with van der Waals surface area (Å²) >= 11 is 6.01. The molecule has 0 aliphatic carbocycles. The van der Waals surface area contributed by atoms with Crippen molar-refractivity contribution in [2.75, 3.05) is 0 Å². The summed E-state index contributed by atoms with van der Waals surface area (Å²) in [4.78, 5) is 16.4. The number of aryl methyl sites for hydroxylation is 1. The Bertz CT molecular complexity index is 548. The molecule has 0 unspecified atom stereocenters. The van der Waals surface area contributed by atoms with E-state index >= 15 is 0 Å². The van der Waals surface area contributed by atoms with Gasteiger partial charge in [0.1, 0.15) is 5.82 Å². The second kappa shape index (κ2) is 5.83. The first-order chi connectivity index (χ1) is 8.72. The molecule has 0 saturated carbocycles. The number of nitrogens with zero attached hydrogens (tertiary/aromatic N) is 2. The van der Waals surface area contributed by atoms with Crippen LogP contribution in [0.4, 0.5) is 0 Å². The number of imidazole rings is 1. The van der Waals surface area contributed by atoms with Crippen LogP contribution in [-0.4, -0.2) is 15.3 Å². The smallest absolute Gasteiger partial charge is 0.184 e. The summed E-state index contributed by atoms with van der Waals surface area (Å²) in [6.45, 7) is 2.38. The van der Waals surface area contributed by atoms with Crippen molar-refractivity contribution in [1.29, 1.82) is 0 Å². The second-order valence-electron chi connectivity index (χ2n) is 4.12. The van der Waals surface area contributed by atoms with Gasteiger partial charge in [-0.05, 0) is 18.6 Å². The minimum Gasteiger partial charge on any atom is -0.327 e. The van der Waals surface area contributed by atoms with E-state index in [9.17, 15) is 4.79 Å². The highest BCUT2D eigenvalue weighted by atomic mass is 35.5. The van der Waals surface area contributed by atoms with Crippen molar-refractivity contribution in [1.82, 2.24) is 9.55 Å². The Morgan fingerprint density at radius 2 is 2.17 bits per heavy atom. The zero-order valence-corrected chi connectivity index (χ0v) is 11.0. The molecule has 0 bridgehead atoms. The highest BCUT2D eigenvalue weighted by Gasteiger charge is 2.12. The number of halogens is 1. The fourth-order valence-electron chi connectivity index (χ4n) is 1.86. The standard InChI is InChI=1S/C14H15ClN2O/c1-2-5-14-16-8-9-17(14)10-13(18)11-6-3-4-7-12(11)15/h3-4,6-9H,2,5,10H2,1H3. The molecule has 0 saturated heterocycles. The van der Waals surface area contributed by atoms with Gasteiger partial charge in [0.2, 0.25) is 0 Å². The maximum atomic E-state index is 12.2. The minimum atomic E-state index is 0.0101. The predicted octanol–water partition coefficient (Wildman–Crippen LogP) is 3.37. The molecule has 0 atom stereocenters. The Balaban J connectivity index is 2.17. The molecule has 0 N–H and O–H groups in total. The van der Waals surface area contributed by atoms with Crippen molar-refractivity contribution in [3.8, 4) is 0 Å². The minimum absolute atomic E-state index is 0.0101. The molecule has 18 heavy (non-hydrogen) atoms. The first-order valence-electron chi connectivity index (χ1n) is 6.00. The number of ketones is 1. The highest BCUT2D eigenvalue weighted by molar-refractivity contribution is 6.33. The third-order valence-electron chi connectivity index (χ3n) is 2.76. The van der Waals surface area contributed by atoms with Crippen molar-refractivity contribution in [2.24, 2.45) is 0 Å². The maximum Gasteiger partial charge on any atom is 0.184 e. The molecule has 1 heterocycles. The number of hydrogen-bond donors (Lipinski definition) is 0. The highest BCUT2D eigenvalue weighted by Crippen LogP contribution is 2.16. The second-order valence-corrected chi connectivity index (χ2v) is 4.53. The molecule has 0 aliphatic heterocycles. The number of rotatable bonds is 5. The Labute approximate surface area is 111 Å². The van der Waals surface area contributed by atoms with E-state index in [1.54, 1.807) is 18.3 Å². The summed E-state index contributed by atoms with van der Waals surface area (Å²) in [7, 11) is 0. The van der Waals surface area contributed by atoms with Crippen LogP contribution in [0.3, 0.4) is 0 Å². The Morgan fingerprint density at radius 1 is 1.39 bits per heavy atom. The molecule has 94 valence electrons. The molecule has 3 nitrogen and oxygen atoms in total. The number of carbonyl (C=O) groups is 1. The lowest BCUT2D eigenvalue weighted by molar-refractivity contribution is 0.0971. The molecule has 2 aromatic rings. The van der Waals surface area contributed by atoms with Crippen LogP contribution in [-0.2, 0) is 13.0 Å². The van der Waals surface area contributed by atoms with E-state index in [-0.39, 0.29) is 5.78 Å². The molecule has 0 fully saturated rings. The van der Waals surface area contributed by atoms with Gasteiger partial charge in [0.25, 0.3) is 0 Å². The van der Waals surface area contributed by atoms with E-state index in [4.69, 9.17) is 11.6 Å². The van der Waals surface area contributed by atoms with Crippen LogP contribution in [0.5, 0.6) is 0 Å². The lowest BCUT2D eigenvalue weighted by Gasteiger charge is -2.07. The van der Waals surface area contributed by atoms with Crippen LogP contribution in [0.2, 0.25) is 5.02 Å². The summed E-state index contributed by atoms with van der Waals surface area (Å²) in [5.74, 6) is 0.953. The summed E-state index contributed by atoms with van der Waals surface area (Å²) < 4.78 is 1.88. The Kier molecular flexibility index (Phi) is 4.15. The zero-order chi connectivity index (χ0) is 13.0. The molecule has 0 spiro atoms. The molecule has 1 aromatic heterocycles. The van der Waals surface area contributed by atoms with Crippen LogP contribution < -0.4 is 0 Å². The summed E-state index contributed by atoms with van der Waals surface area (Å²) in [5.41, 5.74) is 0.565. The number of hydrogen-bond acceptors (Lipinski definition) is 2. The molecular weight excluding hydrogens is 248 g/mol. The normalized spacial score (nSPS) is 10.6. The van der Waals surface area contributed by atoms with Gasteiger partial charge >= 0.3 is 0 Å². The van der Waals surface area contributed by atoms with Crippen LogP contribution in [0.25, 0.3) is 0 Å². The van der Waals surface area contributed by atoms with Crippen LogP contribution in [0.1, 0.15) is 29.5 Å². The van der Waals surface area contributed by atoms with E-state index < -0.39 is 0 Å². The van der Waals surface area contributed by atoms with E-state index in [0.717, 1.165) is 18.7 Å². The van der Waals surface area contributed by atoms with E-state index in [1.165, 1.54) is 0 Å². The van der Waals surface area contributed by atoms with Gasteiger partial charge in [-0.3, -0.25) is 4.79 Å². The zero-order valence-electron chi connectivity index (χ0n) is 10.3. The fraction of sp³-hybridized carbons (Fsp3) is 0.286. The van der Waals surface area contributed by atoms with E-state index in [2.05, 4.69) is 11.9 Å². The summed E-state index contributed by atoms with van der Waals surface area (Å²) in [6.07, 6.45) is 5.45. The van der Waals surface area contributed by atoms with Crippen molar-refractivity contribution in [2.45, 2.75) is 26.3 Å². The average molecular weight is 263 g/mol. The molecule has 0 amide bonds. The quantitative estimate of drug-likeness (QED) is 0.775. The lowest BCUT2D eigenvalue weighted by atomic mass is 10.1. The lowest BCUT2D eigenvalue weighted by Crippen LogP contribution is -2.12. The molecule has 0 radical (unpaired) electrons. The largest absolute Gasteiger partial charge is 0.327 e. The molecule has 0 aliphatic rings. The van der Waals surface area contributed by atoms with Crippen LogP contribution in [0.15, 0.2) is 36.7 Å². The number of benzene rings is 1. The third kappa shape index (κ3) is 2.79. The van der Waals surface area contributed by atoms with Crippen LogP contribution in [0, 0.1) is 0 Å². The fourth-order valence-corrected chi connectivity index (χ4v) is 2.10. The molecular formula is C14H15ClN2O. The van der Waals surface area contributed by atoms with Crippen LogP contribution >= 0.6 is 11.6 Å². The summed E-state index contributed by atoms with van der Waals surface area (Å²) in [5, 5.41) is 0.500. The average Bonchev–Trinajstić information content (AvgIpc) is 2.78. The summed E-state index contributed by atoms with van der Waals surface area (Å²) in [6, 6.07) is 7.12. The third-order valence-corrected chi connectivity index (χ3v) is 3.09. The van der Waals surface area contributed by atoms with Gasteiger partial charge in [-0.15, -0.1) is 0 Å². The maximum absolute atomic E-state index is 12.2. The monoisotopic (exact) mass is 262 g/mol. The predicted molar refractivity (Wildman–Crippen MR) is 72.0 cm³/mol. The van der Waals surface area contributed by atoms with Crippen molar-refractivity contribution < 1.29 is 4.79 Å². The number of Topliss-reactive ketones (excluding diaryl/α,β-unsaturated/α-hetero) is 1. The van der Waals surface area contributed by atoms with E-state index in [0.29, 0.717) is 17.1 Å². The number of carbonyl (C=O) groups excluding carboxylic acids is 1. The van der Waals surface area contributed by atoms with Crippen molar-refractivity contribution in [3.05, 3.63) is 53.1 Å². The van der Waals surface area contributed by atoms with Gasteiger partial charge in [-0.25, -0.2) is 4.98 Å². The molecule has 1 aromatic carbocycles. The van der Waals surface area contributed by atoms with Gasteiger partial charge in [-0.1, -0.05) is 30.7 Å². The topological polar surface area (TPSA) is 34.9 Å². The van der Waals surface area contributed by atoms with Gasteiger partial charge in [-0.2, -0.15) is 0 Å². The van der Waals surface area contributed by atoms with Gasteiger partial charge in [0, 0.05) is 24.4 Å². The van der Waals surface area contributed by atoms with Gasteiger partial charge < -0.3 is 4.57 Å². The first kappa shape index (κ1) is 12.8.